The van der Waals surface area contributed by atoms with Crippen molar-refractivity contribution >= 4 is 27.8 Å². The van der Waals surface area contributed by atoms with E-state index in [9.17, 15) is 9.59 Å². The Bertz CT molecular complexity index is 871. The van der Waals surface area contributed by atoms with Gasteiger partial charge in [0.1, 0.15) is 17.1 Å². The van der Waals surface area contributed by atoms with Gasteiger partial charge < -0.3 is 14.4 Å². The molecule has 1 amide bonds. The minimum absolute atomic E-state index is 0.176. The lowest BCUT2D eigenvalue weighted by Gasteiger charge is -2.20. The summed E-state index contributed by atoms with van der Waals surface area (Å²) in [5.74, 6) is 1.10. The standard InChI is InChI=1S/C22H24BrNO4/c1-22(2,3)28-21(26)15-7-10-18(11-8-15)27-19-13-17(23)9-6-16(19)14-24-12-4-5-20(24)25/h6-11,13H,4-5,12,14H2,1-3H3. The monoisotopic (exact) mass is 445 g/mol. The normalized spacial score (nSPS) is 14.3. The van der Waals surface area contributed by atoms with Crippen molar-refractivity contribution in [3.8, 4) is 11.5 Å². The maximum Gasteiger partial charge on any atom is 0.338 e. The highest BCUT2D eigenvalue weighted by Crippen LogP contribution is 2.31. The Morgan fingerprint density at radius 1 is 1.14 bits per heavy atom. The van der Waals surface area contributed by atoms with Crippen LogP contribution < -0.4 is 4.74 Å². The molecule has 1 heterocycles. The van der Waals surface area contributed by atoms with Crippen LogP contribution in [0.5, 0.6) is 11.5 Å². The van der Waals surface area contributed by atoms with Gasteiger partial charge in [0, 0.05) is 29.5 Å². The molecule has 1 saturated heterocycles. The summed E-state index contributed by atoms with van der Waals surface area (Å²) < 4.78 is 12.3. The van der Waals surface area contributed by atoms with Crippen LogP contribution in [0.1, 0.15) is 49.5 Å². The van der Waals surface area contributed by atoms with Gasteiger partial charge in [-0.25, -0.2) is 4.79 Å². The van der Waals surface area contributed by atoms with Crippen molar-refractivity contribution in [3.63, 3.8) is 0 Å². The Morgan fingerprint density at radius 3 is 2.46 bits per heavy atom. The zero-order valence-electron chi connectivity index (χ0n) is 16.3. The third kappa shape index (κ3) is 5.35. The van der Waals surface area contributed by atoms with Crippen molar-refractivity contribution in [2.45, 2.75) is 45.8 Å². The van der Waals surface area contributed by atoms with Crippen LogP contribution in [0.3, 0.4) is 0 Å². The second kappa shape index (κ2) is 8.35. The number of hydrogen-bond acceptors (Lipinski definition) is 4. The fraction of sp³-hybridized carbons (Fsp3) is 0.364. The van der Waals surface area contributed by atoms with E-state index < -0.39 is 5.60 Å². The highest BCUT2D eigenvalue weighted by atomic mass is 79.9. The summed E-state index contributed by atoms with van der Waals surface area (Å²) in [5, 5.41) is 0. The summed E-state index contributed by atoms with van der Waals surface area (Å²) in [6.45, 7) is 6.81. The van der Waals surface area contributed by atoms with E-state index in [0.717, 1.165) is 23.0 Å². The van der Waals surface area contributed by atoms with E-state index in [-0.39, 0.29) is 11.9 Å². The molecule has 148 valence electrons. The van der Waals surface area contributed by atoms with Crippen LogP contribution in [-0.4, -0.2) is 28.9 Å². The number of esters is 1. The van der Waals surface area contributed by atoms with Gasteiger partial charge in [-0.05, 0) is 63.6 Å². The summed E-state index contributed by atoms with van der Waals surface area (Å²) in [7, 11) is 0. The Balaban J connectivity index is 1.75. The second-order valence-corrected chi connectivity index (χ2v) is 8.71. The summed E-state index contributed by atoms with van der Waals surface area (Å²) in [6, 6.07) is 12.6. The Morgan fingerprint density at radius 2 is 1.86 bits per heavy atom. The van der Waals surface area contributed by atoms with Crippen LogP contribution in [0.4, 0.5) is 0 Å². The van der Waals surface area contributed by atoms with E-state index in [1.54, 1.807) is 24.3 Å². The van der Waals surface area contributed by atoms with E-state index in [1.165, 1.54) is 0 Å². The van der Waals surface area contributed by atoms with Crippen molar-refractivity contribution < 1.29 is 19.1 Å². The summed E-state index contributed by atoms with van der Waals surface area (Å²) in [5.41, 5.74) is 0.874. The SMILES string of the molecule is CC(C)(C)OC(=O)c1ccc(Oc2cc(Br)ccc2CN2CCCC2=O)cc1. The predicted molar refractivity (Wildman–Crippen MR) is 110 cm³/mol. The zero-order chi connectivity index (χ0) is 20.3. The fourth-order valence-electron chi connectivity index (χ4n) is 2.95. The minimum Gasteiger partial charge on any atom is -0.457 e. The van der Waals surface area contributed by atoms with E-state index in [4.69, 9.17) is 9.47 Å². The molecule has 3 rings (SSSR count). The molecule has 0 aliphatic carbocycles. The number of amides is 1. The van der Waals surface area contributed by atoms with E-state index in [0.29, 0.717) is 30.0 Å². The van der Waals surface area contributed by atoms with Crippen molar-refractivity contribution in [2.75, 3.05) is 6.54 Å². The van der Waals surface area contributed by atoms with Crippen LogP contribution in [0.25, 0.3) is 0 Å². The number of hydrogen-bond donors (Lipinski definition) is 0. The molecule has 6 heteroatoms. The first-order chi connectivity index (χ1) is 13.2. The Kier molecular flexibility index (Phi) is 6.08. The number of carbonyl (C=O) groups is 2. The van der Waals surface area contributed by atoms with Crippen LogP contribution in [0.2, 0.25) is 0 Å². The third-order valence-electron chi connectivity index (χ3n) is 4.28. The predicted octanol–water partition coefficient (Wildman–Crippen LogP) is 5.32. The molecule has 0 atom stereocenters. The number of halogens is 1. The molecule has 0 spiro atoms. The molecule has 1 aliphatic rings. The molecule has 2 aromatic rings. The molecule has 5 nitrogen and oxygen atoms in total. The Hall–Kier alpha value is -2.34. The number of ether oxygens (including phenoxy) is 2. The molecular weight excluding hydrogens is 422 g/mol. The van der Waals surface area contributed by atoms with E-state index in [1.807, 2.05) is 43.9 Å². The molecule has 0 aromatic heterocycles. The topological polar surface area (TPSA) is 55.8 Å². The minimum atomic E-state index is -0.537. The third-order valence-corrected chi connectivity index (χ3v) is 4.77. The maximum absolute atomic E-state index is 12.1. The number of likely N-dealkylation sites (tertiary alicyclic amines) is 1. The first-order valence-corrected chi connectivity index (χ1v) is 10.1. The molecular formula is C22H24BrNO4. The average molecular weight is 446 g/mol. The van der Waals surface area contributed by atoms with Gasteiger partial charge >= 0.3 is 5.97 Å². The average Bonchev–Trinajstić information content (AvgIpc) is 3.01. The maximum atomic E-state index is 12.1. The highest BCUT2D eigenvalue weighted by molar-refractivity contribution is 9.10. The molecule has 1 fully saturated rings. The smallest absolute Gasteiger partial charge is 0.338 e. The molecule has 1 aliphatic heterocycles. The van der Waals surface area contributed by atoms with Gasteiger partial charge in [-0.1, -0.05) is 22.0 Å². The fourth-order valence-corrected chi connectivity index (χ4v) is 3.29. The molecule has 0 unspecified atom stereocenters. The second-order valence-electron chi connectivity index (χ2n) is 7.80. The summed E-state index contributed by atoms with van der Waals surface area (Å²) in [6.07, 6.45) is 1.51. The molecule has 0 saturated carbocycles. The van der Waals surface area contributed by atoms with Gasteiger partial charge in [0.2, 0.25) is 5.91 Å². The van der Waals surface area contributed by atoms with Crippen molar-refractivity contribution in [3.05, 3.63) is 58.1 Å². The van der Waals surface area contributed by atoms with Crippen LogP contribution >= 0.6 is 15.9 Å². The first kappa shape index (κ1) is 20.4. The van der Waals surface area contributed by atoms with Gasteiger partial charge in [0.15, 0.2) is 0 Å². The van der Waals surface area contributed by atoms with Crippen molar-refractivity contribution in [2.24, 2.45) is 0 Å². The van der Waals surface area contributed by atoms with Gasteiger partial charge in [0.05, 0.1) is 5.56 Å². The lowest BCUT2D eigenvalue weighted by Crippen LogP contribution is -2.24. The Labute approximate surface area is 173 Å². The van der Waals surface area contributed by atoms with Gasteiger partial charge in [-0.15, -0.1) is 0 Å². The molecule has 2 aromatic carbocycles. The highest BCUT2D eigenvalue weighted by Gasteiger charge is 2.22. The van der Waals surface area contributed by atoms with Crippen molar-refractivity contribution in [1.29, 1.82) is 0 Å². The lowest BCUT2D eigenvalue weighted by molar-refractivity contribution is -0.128. The van der Waals surface area contributed by atoms with Gasteiger partial charge in [-0.3, -0.25) is 4.79 Å². The lowest BCUT2D eigenvalue weighted by atomic mass is 10.1. The molecule has 0 bridgehead atoms. The number of rotatable bonds is 5. The molecule has 28 heavy (non-hydrogen) atoms. The largest absolute Gasteiger partial charge is 0.457 e. The van der Waals surface area contributed by atoms with E-state index in [2.05, 4.69) is 15.9 Å². The number of benzene rings is 2. The molecule has 0 radical (unpaired) electrons. The quantitative estimate of drug-likeness (QED) is 0.584. The number of carbonyl (C=O) groups excluding carboxylic acids is 2. The van der Waals surface area contributed by atoms with Crippen LogP contribution in [0.15, 0.2) is 46.9 Å². The van der Waals surface area contributed by atoms with Crippen molar-refractivity contribution in [1.82, 2.24) is 4.90 Å². The zero-order valence-corrected chi connectivity index (χ0v) is 17.9. The van der Waals surface area contributed by atoms with Gasteiger partial charge in [-0.2, -0.15) is 0 Å². The van der Waals surface area contributed by atoms with Crippen LogP contribution in [-0.2, 0) is 16.1 Å². The molecule has 0 N–H and O–H groups in total. The number of nitrogens with zero attached hydrogens (tertiary/aromatic N) is 1. The van der Waals surface area contributed by atoms with Crippen LogP contribution in [0, 0.1) is 0 Å². The summed E-state index contributed by atoms with van der Waals surface area (Å²) >= 11 is 3.47. The van der Waals surface area contributed by atoms with E-state index >= 15 is 0 Å². The summed E-state index contributed by atoms with van der Waals surface area (Å²) in [4.78, 5) is 25.9. The first-order valence-electron chi connectivity index (χ1n) is 9.29. The van der Waals surface area contributed by atoms with Gasteiger partial charge in [0.25, 0.3) is 0 Å².